The van der Waals surface area contributed by atoms with E-state index in [1.807, 2.05) is 0 Å². The van der Waals surface area contributed by atoms with E-state index >= 15 is 0 Å². The van der Waals surface area contributed by atoms with Crippen molar-refractivity contribution in [2.75, 3.05) is 6.61 Å². The third-order valence-corrected chi connectivity index (χ3v) is 3.03. The number of halogens is 3. The van der Waals surface area contributed by atoms with Crippen molar-refractivity contribution in [2.45, 2.75) is 19.0 Å². The molecule has 0 saturated heterocycles. The summed E-state index contributed by atoms with van der Waals surface area (Å²) in [7, 11) is 0. The number of hydrogen-bond acceptors (Lipinski definition) is 2. The Morgan fingerprint density at radius 3 is 2.43 bits per heavy atom. The van der Waals surface area contributed by atoms with Gasteiger partial charge in [-0.2, -0.15) is 8.78 Å². The third-order valence-electron chi connectivity index (χ3n) is 3.03. The first-order valence-electron chi connectivity index (χ1n) is 6.44. The fourth-order valence-corrected chi connectivity index (χ4v) is 1.91. The van der Waals surface area contributed by atoms with Crippen LogP contribution in [-0.4, -0.2) is 11.7 Å². The van der Waals surface area contributed by atoms with Crippen molar-refractivity contribution < 1.29 is 23.0 Å². The zero-order valence-electron chi connectivity index (χ0n) is 11.4. The van der Waals surface area contributed by atoms with E-state index in [1.165, 1.54) is 37.3 Å². The predicted molar refractivity (Wildman–Crippen MR) is 72.9 cm³/mol. The summed E-state index contributed by atoms with van der Waals surface area (Å²) in [5.74, 6) is -3.90. The van der Waals surface area contributed by atoms with Crippen LogP contribution in [0.1, 0.15) is 24.2 Å². The van der Waals surface area contributed by atoms with Gasteiger partial charge in [-0.1, -0.05) is 30.3 Å². The van der Waals surface area contributed by atoms with Gasteiger partial charge in [-0.25, -0.2) is 4.39 Å². The smallest absolute Gasteiger partial charge is 0.306 e. The monoisotopic (exact) mass is 296 g/mol. The van der Waals surface area contributed by atoms with Crippen LogP contribution in [0.4, 0.5) is 13.2 Å². The van der Waals surface area contributed by atoms with Crippen molar-refractivity contribution in [1.29, 1.82) is 0 Å². The average Bonchev–Trinajstić information content (AvgIpc) is 2.46. The quantitative estimate of drug-likeness (QED) is 0.902. The van der Waals surface area contributed by atoms with E-state index in [0.29, 0.717) is 0 Å². The molecule has 0 fully saturated rings. The highest BCUT2D eigenvalue weighted by Crippen LogP contribution is 2.31. The van der Waals surface area contributed by atoms with Crippen molar-refractivity contribution in [2.24, 2.45) is 0 Å². The Labute approximate surface area is 120 Å². The largest absolute Gasteiger partial charge is 0.486 e. The van der Waals surface area contributed by atoms with Gasteiger partial charge in [-0.3, -0.25) is 0 Å². The summed E-state index contributed by atoms with van der Waals surface area (Å²) in [5.41, 5.74) is 0.0836. The topological polar surface area (TPSA) is 29.5 Å². The maximum Gasteiger partial charge on any atom is 0.306 e. The van der Waals surface area contributed by atoms with E-state index in [4.69, 9.17) is 4.74 Å². The van der Waals surface area contributed by atoms with E-state index in [2.05, 4.69) is 0 Å². The fraction of sp³-hybridized carbons (Fsp3) is 0.250. The first kappa shape index (κ1) is 15.4. The van der Waals surface area contributed by atoms with Crippen LogP contribution < -0.4 is 4.74 Å². The van der Waals surface area contributed by atoms with Crippen molar-refractivity contribution in [3.63, 3.8) is 0 Å². The first-order chi connectivity index (χ1) is 9.90. The van der Waals surface area contributed by atoms with Crippen molar-refractivity contribution >= 4 is 0 Å². The second kappa shape index (κ2) is 6.18. The molecule has 0 aromatic heterocycles. The molecule has 0 amide bonds. The van der Waals surface area contributed by atoms with Crippen LogP contribution in [0.5, 0.6) is 5.75 Å². The van der Waals surface area contributed by atoms with Crippen molar-refractivity contribution in [3.05, 3.63) is 65.5 Å². The van der Waals surface area contributed by atoms with Gasteiger partial charge < -0.3 is 9.84 Å². The minimum Gasteiger partial charge on any atom is -0.486 e. The Balaban J connectivity index is 2.18. The molecule has 0 bridgehead atoms. The number of aliphatic hydroxyl groups excluding tert-OH is 1. The Morgan fingerprint density at radius 1 is 1.14 bits per heavy atom. The molecule has 1 atom stereocenters. The van der Waals surface area contributed by atoms with Crippen LogP contribution in [0.25, 0.3) is 0 Å². The molecule has 0 saturated carbocycles. The lowest BCUT2D eigenvalue weighted by Crippen LogP contribution is -2.23. The highest BCUT2D eigenvalue weighted by Gasteiger charge is 2.32. The van der Waals surface area contributed by atoms with Crippen molar-refractivity contribution in [1.82, 2.24) is 0 Å². The fourth-order valence-electron chi connectivity index (χ4n) is 1.91. The van der Waals surface area contributed by atoms with Gasteiger partial charge in [0.1, 0.15) is 11.6 Å². The molecule has 2 rings (SSSR count). The zero-order valence-corrected chi connectivity index (χ0v) is 11.4. The number of rotatable bonds is 5. The molecule has 0 aliphatic heterocycles. The molecule has 0 heterocycles. The van der Waals surface area contributed by atoms with Crippen LogP contribution in [-0.2, 0) is 5.92 Å². The number of ether oxygens (including phenoxy) is 1. The Hall–Kier alpha value is -2.01. The number of aliphatic hydroxyl groups is 1. The lowest BCUT2D eigenvalue weighted by Gasteiger charge is -2.19. The Bertz CT molecular complexity index is 598. The number of benzene rings is 2. The SMILES string of the molecule is C[C@@H](O)c1ccc(F)cc1OCC(F)(F)c1ccccc1. The molecule has 0 aliphatic carbocycles. The van der Waals surface area contributed by atoms with E-state index in [0.717, 1.165) is 12.1 Å². The average molecular weight is 296 g/mol. The second-order valence-electron chi connectivity index (χ2n) is 4.72. The molecule has 5 heteroatoms. The normalized spacial score (nSPS) is 13.0. The minimum atomic E-state index is -3.20. The van der Waals surface area contributed by atoms with E-state index in [-0.39, 0.29) is 16.9 Å². The Kier molecular flexibility index (Phi) is 4.53. The van der Waals surface area contributed by atoms with Crippen LogP contribution in [0.3, 0.4) is 0 Å². The molecule has 0 radical (unpaired) electrons. The van der Waals surface area contributed by atoms with Gasteiger partial charge in [0.25, 0.3) is 0 Å². The summed E-state index contributed by atoms with van der Waals surface area (Å²) in [4.78, 5) is 0. The predicted octanol–water partition coefficient (Wildman–Crippen LogP) is 4.05. The maximum absolute atomic E-state index is 14.0. The second-order valence-corrected chi connectivity index (χ2v) is 4.72. The van der Waals surface area contributed by atoms with Crippen LogP contribution in [0.2, 0.25) is 0 Å². The van der Waals surface area contributed by atoms with Crippen LogP contribution >= 0.6 is 0 Å². The van der Waals surface area contributed by atoms with E-state index in [9.17, 15) is 18.3 Å². The summed E-state index contributed by atoms with van der Waals surface area (Å²) in [6.45, 7) is 0.523. The van der Waals surface area contributed by atoms with Crippen molar-refractivity contribution in [3.8, 4) is 5.75 Å². The van der Waals surface area contributed by atoms with E-state index < -0.39 is 24.5 Å². The molecule has 1 N–H and O–H groups in total. The number of alkyl halides is 2. The molecule has 2 nitrogen and oxygen atoms in total. The van der Waals surface area contributed by atoms with Crippen LogP contribution in [0, 0.1) is 5.82 Å². The summed E-state index contributed by atoms with van der Waals surface area (Å²) < 4.78 is 46.2. The van der Waals surface area contributed by atoms with Gasteiger partial charge in [0.05, 0.1) is 6.10 Å². The van der Waals surface area contributed by atoms with Gasteiger partial charge in [0.2, 0.25) is 0 Å². The summed E-state index contributed by atoms with van der Waals surface area (Å²) in [6, 6.07) is 10.7. The first-order valence-corrected chi connectivity index (χ1v) is 6.44. The summed E-state index contributed by atoms with van der Waals surface area (Å²) >= 11 is 0. The number of hydrogen-bond donors (Lipinski definition) is 1. The molecule has 112 valence electrons. The molecule has 2 aromatic carbocycles. The standard InChI is InChI=1S/C16H15F3O2/c1-11(20)14-8-7-13(17)9-15(14)21-10-16(18,19)12-5-3-2-4-6-12/h2-9,11,20H,10H2,1H3/t11-/m1/s1. The zero-order chi connectivity index (χ0) is 15.5. The summed E-state index contributed by atoms with van der Waals surface area (Å²) in [5, 5.41) is 9.55. The van der Waals surface area contributed by atoms with Gasteiger partial charge in [-0.05, 0) is 19.1 Å². The molecule has 0 spiro atoms. The highest BCUT2D eigenvalue weighted by atomic mass is 19.3. The van der Waals surface area contributed by atoms with E-state index in [1.54, 1.807) is 6.07 Å². The van der Waals surface area contributed by atoms with Crippen LogP contribution in [0.15, 0.2) is 48.5 Å². The molecule has 2 aromatic rings. The molecular formula is C16H15F3O2. The summed E-state index contributed by atoms with van der Waals surface area (Å²) in [6.07, 6.45) is -0.939. The van der Waals surface area contributed by atoms with Gasteiger partial charge >= 0.3 is 5.92 Å². The van der Waals surface area contributed by atoms with Gasteiger partial charge in [0.15, 0.2) is 6.61 Å². The molecule has 21 heavy (non-hydrogen) atoms. The lowest BCUT2D eigenvalue weighted by atomic mass is 10.1. The lowest BCUT2D eigenvalue weighted by molar-refractivity contribution is -0.0474. The maximum atomic E-state index is 14.0. The van der Waals surface area contributed by atoms with Gasteiger partial charge in [-0.15, -0.1) is 0 Å². The van der Waals surface area contributed by atoms with Gasteiger partial charge in [0, 0.05) is 17.2 Å². The minimum absolute atomic E-state index is 0.0828. The molecule has 0 unspecified atom stereocenters. The molecule has 0 aliphatic rings. The highest BCUT2D eigenvalue weighted by molar-refractivity contribution is 5.35. The molecular weight excluding hydrogens is 281 g/mol. The Morgan fingerprint density at radius 2 is 1.81 bits per heavy atom. The third kappa shape index (κ3) is 3.76.